The molecule has 0 saturated carbocycles. The van der Waals surface area contributed by atoms with Crippen LogP contribution in [0.2, 0.25) is 0 Å². The third-order valence-electron chi connectivity index (χ3n) is 5.14. The highest BCUT2D eigenvalue weighted by atomic mass is 32.1. The maximum Gasteiger partial charge on any atom is 0.338 e. The van der Waals surface area contributed by atoms with Crippen molar-refractivity contribution in [3.63, 3.8) is 0 Å². The summed E-state index contributed by atoms with van der Waals surface area (Å²) in [5, 5.41) is 10.0. The molecule has 6 nitrogen and oxygen atoms in total. The fourth-order valence-corrected chi connectivity index (χ4v) is 4.79. The average Bonchev–Trinajstić information content (AvgIpc) is 3.12. The first-order chi connectivity index (χ1) is 15.8. The summed E-state index contributed by atoms with van der Waals surface area (Å²) in [5.41, 5.74) is 6.86. The first kappa shape index (κ1) is 22.2. The summed E-state index contributed by atoms with van der Waals surface area (Å²) < 4.78 is 33.6. The number of aromatic nitrogens is 1. The Balaban J connectivity index is 2.05. The van der Waals surface area contributed by atoms with Gasteiger partial charge in [-0.2, -0.15) is 5.26 Å². The Morgan fingerprint density at radius 1 is 1.18 bits per heavy atom. The minimum absolute atomic E-state index is 0.0582. The van der Waals surface area contributed by atoms with Crippen LogP contribution in [-0.4, -0.2) is 17.1 Å². The number of rotatable bonds is 4. The van der Waals surface area contributed by atoms with Crippen molar-refractivity contribution in [2.75, 3.05) is 6.61 Å². The lowest BCUT2D eigenvalue weighted by atomic mass is 9.84. The van der Waals surface area contributed by atoms with E-state index < -0.39 is 29.1 Å². The molecule has 0 aliphatic carbocycles. The molecule has 4 rings (SSSR count). The molecule has 3 aromatic rings. The maximum atomic E-state index is 13.5. The highest BCUT2D eigenvalue weighted by Crippen LogP contribution is 2.36. The molecule has 9 heteroatoms. The summed E-state index contributed by atoms with van der Waals surface area (Å²) in [6.07, 6.45) is 1.55. The fraction of sp³-hybridized carbons (Fsp3) is 0.125. The molecule has 0 saturated heterocycles. The summed E-state index contributed by atoms with van der Waals surface area (Å²) in [4.78, 5) is 26.1. The van der Waals surface area contributed by atoms with Crippen molar-refractivity contribution < 1.29 is 18.3 Å². The SMILES string of the molecule is CCOC(=O)C1=C(N)n2c(sc(=Cc3ccc(F)cc3)c2=O)=C(C#N)C1c1ccc(F)cc1. The largest absolute Gasteiger partial charge is 0.463 e. The van der Waals surface area contributed by atoms with Gasteiger partial charge in [-0.3, -0.25) is 9.36 Å². The van der Waals surface area contributed by atoms with Gasteiger partial charge in [0.25, 0.3) is 5.56 Å². The monoisotopic (exact) mass is 465 g/mol. The van der Waals surface area contributed by atoms with Crippen molar-refractivity contribution in [3.05, 3.63) is 96.4 Å². The Hall–Kier alpha value is -4.03. The number of halogens is 2. The third kappa shape index (κ3) is 3.97. The molecule has 2 N–H and O–H groups in total. The zero-order chi connectivity index (χ0) is 23.7. The van der Waals surface area contributed by atoms with Gasteiger partial charge in [0, 0.05) is 0 Å². The van der Waals surface area contributed by atoms with Crippen LogP contribution in [0.1, 0.15) is 24.0 Å². The first-order valence-corrected chi connectivity index (χ1v) is 10.7. The van der Waals surface area contributed by atoms with Crippen molar-refractivity contribution in [3.8, 4) is 6.07 Å². The standard InChI is InChI=1S/C24H17F2N3O3S/c1-2-32-24(31)20-19(14-5-9-16(26)10-6-14)17(12-27)23-29(21(20)28)22(30)18(33-23)11-13-3-7-15(25)8-4-13/h3-11,19H,2,28H2,1H3. The quantitative estimate of drug-likeness (QED) is 0.596. The van der Waals surface area contributed by atoms with Crippen molar-refractivity contribution in [1.29, 1.82) is 5.26 Å². The van der Waals surface area contributed by atoms with E-state index in [-0.39, 0.29) is 32.8 Å². The Bertz CT molecular complexity index is 1490. The van der Waals surface area contributed by atoms with E-state index in [1.165, 1.54) is 48.5 Å². The van der Waals surface area contributed by atoms with E-state index in [1.54, 1.807) is 13.0 Å². The van der Waals surface area contributed by atoms with Crippen LogP contribution in [-0.2, 0) is 9.53 Å². The van der Waals surface area contributed by atoms with Crippen LogP contribution in [0.3, 0.4) is 0 Å². The molecular formula is C24H17F2N3O3S. The molecule has 1 aliphatic heterocycles. The Labute approximate surface area is 190 Å². The number of esters is 1. The molecule has 0 bridgehead atoms. The lowest BCUT2D eigenvalue weighted by Crippen LogP contribution is -2.40. The molecule has 33 heavy (non-hydrogen) atoms. The normalized spacial score (nSPS) is 15.9. The Morgan fingerprint density at radius 2 is 1.79 bits per heavy atom. The van der Waals surface area contributed by atoms with E-state index in [1.807, 2.05) is 0 Å². The van der Waals surface area contributed by atoms with E-state index in [2.05, 4.69) is 6.07 Å². The lowest BCUT2D eigenvalue weighted by Gasteiger charge is -2.25. The summed E-state index contributed by atoms with van der Waals surface area (Å²) in [5.74, 6) is -2.76. The second-order valence-corrected chi connectivity index (χ2v) is 8.17. The van der Waals surface area contributed by atoms with E-state index in [0.29, 0.717) is 11.1 Å². The van der Waals surface area contributed by atoms with Gasteiger partial charge in [-0.1, -0.05) is 24.3 Å². The van der Waals surface area contributed by atoms with Gasteiger partial charge in [-0.25, -0.2) is 13.6 Å². The van der Waals surface area contributed by atoms with Gasteiger partial charge in [-0.05, 0) is 48.4 Å². The number of carbonyl (C=O) groups excluding carboxylic acids is 1. The zero-order valence-corrected chi connectivity index (χ0v) is 18.2. The summed E-state index contributed by atoms with van der Waals surface area (Å²) in [6, 6.07) is 13.0. The molecule has 1 aliphatic rings. The van der Waals surface area contributed by atoms with E-state index in [4.69, 9.17) is 10.5 Å². The van der Waals surface area contributed by atoms with Gasteiger partial charge in [0.2, 0.25) is 0 Å². The summed E-state index contributed by atoms with van der Waals surface area (Å²) >= 11 is 1.03. The second-order valence-electron chi connectivity index (χ2n) is 7.14. The number of nitriles is 1. The van der Waals surface area contributed by atoms with Crippen LogP contribution >= 0.6 is 11.3 Å². The molecule has 1 aromatic heterocycles. The number of nitrogens with zero attached hydrogens (tertiary/aromatic N) is 2. The summed E-state index contributed by atoms with van der Waals surface area (Å²) in [7, 11) is 0. The molecular weight excluding hydrogens is 448 g/mol. The molecule has 0 amide bonds. The number of nitrogens with two attached hydrogens (primary N) is 1. The van der Waals surface area contributed by atoms with Crippen LogP contribution < -0.4 is 20.5 Å². The predicted octanol–water partition coefficient (Wildman–Crippen LogP) is 2.18. The highest BCUT2D eigenvalue weighted by Gasteiger charge is 2.36. The number of benzene rings is 2. The molecule has 0 spiro atoms. The van der Waals surface area contributed by atoms with Gasteiger partial charge in [0.05, 0.1) is 34.3 Å². The minimum Gasteiger partial charge on any atom is -0.463 e. The smallest absolute Gasteiger partial charge is 0.338 e. The predicted molar refractivity (Wildman–Crippen MR) is 120 cm³/mol. The molecule has 166 valence electrons. The van der Waals surface area contributed by atoms with Crippen LogP contribution in [0.5, 0.6) is 0 Å². The van der Waals surface area contributed by atoms with Crippen molar-refractivity contribution in [2.45, 2.75) is 12.8 Å². The molecule has 2 aromatic carbocycles. The van der Waals surface area contributed by atoms with Crippen molar-refractivity contribution >= 4 is 34.8 Å². The van der Waals surface area contributed by atoms with Crippen molar-refractivity contribution in [1.82, 2.24) is 4.57 Å². The fourth-order valence-electron chi connectivity index (χ4n) is 3.66. The molecule has 1 unspecified atom stereocenters. The van der Waals surface area contributed by atoms with E-state index >= 15 is 0 Å². The van der Waals surface area contributed by atoms with Crippen LogP contribution in [0.25, 0.3) is 17.5 Å². The van der Waals surface area contributed by atoms with E-state index in [9.17, 15) is 23.6 Å². The van der Waals surface area contributed by atoms with Crippen molar-refractivity contribution in [2.24, 2.45) is 5.73 Å². The van der Waals surface area contributed by atoms with Gasteiger partial charge in [0.15, 0.2) is 0 Å². The summed E-state index contributed by atoms with van der Waals surface area (Å²) in [6.45, 7) is 1.68. The first-order valence-electron chi connectivity index (χ1n) is 9.91. The lowest BCUT2D eigenvalue weighted by molar-refractivity contribution is -0.138. The van der Waals surface area contributed by atoms with Gasteiger partial charge in [-0.15, -0.1) is 11.3 Å². The zero-order valence-electron chi connectivity index (χ0n) is 17.3. The number of hydrogen-bond acceptors (Lipinski definition) is 6. The number of thiazole rings is 1. The van der Waals surface area contributed by atoms with Crippen LogP contribution in [0, 0.1) is 23.0 Å². The molecule has 0 fully saturated rings. The maximum absolute atomic E-state index is 13.5. The van der Waals surface area contributed by atoms with Gasteiger partial charge < -0.3 is 10.5 Å². The number of carbonyl (C=O) groups is 1. The minimum atomic E-state index is -0.939. The van der Waals surface area contributed by atoms with E-state index in [0.717, 1.165) is 15.9 Å². The average molecular weight is 465 g/mol. The number of fused-ring (bicyclic) bond motifs is 1. The second kappa shape index (κ2) is 8.84. The van der Waals surface area contributed by atoms with Gasteiger partial charge >= 0.3 is 5.97 Å². The molecule has 1 atom stereocenters. The number of ether oxygens (including phenoxy) is 1. The molecule has 2 heterocycles. The Kier molecular flexibility index (Phi) is 5.94. The van der Waals surface area contributed by atoms with Crippen LogP contribution in [0.4, 0.5) is 8.78 Å². The molecule has 0 radical (unpaired) electrons. The third-order valence-corrected chi connectivity index (χ3v) is 6.24. The Morgan fingerprint density at radius 3 is 2.36 bits per heavy atom. The van der Waals surface area contributed by atoms with Crippen LogP contribution in [0.15, 0.2) is 58.9 Å². The topological polar surface area (TPSA) is 98.1 Å². The highest BCUT2D eigenvalue weighted by molar-refractivity contribution is 7.07. The van der Waals surface area contributed by atoms with Gasteiger partial charge in [0.1, 0.15) is 22.1 Å². The number of hydrogen-bond donors (Lipinski definition) is 1.